The number of aryl methyl sites for hydroxylation is 2. The van der Waals surface area contributed by atoms with Gasteiger partial charge in [-0.15, -0.1) is 0 Å². The monoisotopic (exact) mass is 1020 g/mol. The van der Waals surface area contributed by atoms with Gasteiger partial charge >= 0.3 is 28.4 Å². The first-order valence-corrected chi connectivity index (χ1v) is 32.2. The normalized spacial score (nSPS) is 11.8. The third kappa shape index (κ3) is 22.3. The minimum Gasteiger partial charge on any atom is -0.869 e. The number of hydrogen-bond acceptors (Lipinski definition) is 8. The van der Waals surface area contributed by atoms with Gasteiger partial charge in [-0.1, -0.05) is 141 Å². The molecule has 0 amide bonds. The Balaban J connectivity index is 0.000000571. The molecule has 0 unspecified atom stereocenters. The first-order valence-electron chi connectivity index (χ1n) is 24.8. The van der Waals surface area contributed by atoms with E-state index in [-0.39, 0.29) is 27.6 Å². The summed E-state index contributed by atoms with van der Waals surface area (Å²) < 4.78 is 0. The van der Waals surface area contributed by atoms with Crippen LogP contribution in [0.15, 0.2) is 70.6 Å². The van der Waals surface area contributed by atoms with Gasteiger partial charge in [-0.05, 0) is 147 Å². The number of aromatic hydroxyl groups is 2. The van der Waals surface area contributed by atoms with Crippen molar-refractivity contribution in [1.29, 1.82) is 0 Å². The van der Waals surface area contributed by atoms with E-state index in [1.165, 1.54) is 59.6 Å². The molecular formula is C56H82N2NiO8Si2. The molecule has 4 aromatic rings. The molecule has 69 heavy (non-hydrogen) atoms. The van der Waals surface area contributed by atoms with Gasteiger partial charge in [0, 0.05) is 16.1 Å². The topological polar surface area (TPSA) is 186 Å². The molecule has 0 aromatic heterocycles. The number of rotatable bonds is 23. The summed E-state index contributed by atoms with van der Waals surface area (Å²) in [4.78, 5) is 32.4. The van der Waals surface area contributed by atoms with Crippen LogP contribution in [-0.4, -0.2) is 59.9 Å². The van der Waals surface area contributed by atoms with Crippen LogP contribution in [0.3, 0.4) is 0 Å². The summed E-state index contributed by atoms with van der Waals surface area (Å²) in [6, 6.07) is 23.0. The standard InChI is InChI=1S/C30H48N2Si2.2C13H18O4.Ni/c1-9-11-19-29(31-27-17-13-15-25(21-27)23-33(3,4)5)30(20-12-10-2)32-28-18-14-16-26(22-28)24-34(6,7)8;2*1-3-4-5-6-9-7-10(14)12(15)11(8(9)2)13(16)17;/h13-18,21-22H,9-12,19-20,23-24H2,1-8H3;2*7,14-15H,3-6H2,1-2H3,(H,16,17);/q;;;+2/p-2. The molecule has 4 rings (SSSR count). The van der Waals surface area contributed by atoms with E-state index in [9.17, 15) is 30.0 Å². The van der Waals surface area contributed by atoms with Crippen molar-refractivity contribution in [3.05, 3.63) is 105 Å². The molecule has 0 aliphatic rings. The van der Waals surface area contributed by atoms with Gasteiger partial charge in [-0.3, -0.25) is 9.98 Å². The number of phenolic OH excluding ortho intramolecular Hbond substituents is 2. The fourth-order valence-corrected chi connectivity index (χ4v) is 10.9. The van der Waals surface area contributed by atoms with Crippen molar-refractivity contribution in [3.63, 3.8) is 0 Å². The molecule has 0 saturated heterocycles. The van der Waals surface area contributed by atoms with Crippen LogP contribution < -0.4 is 10.2 Å². The Bertz CT molecular complexity index is 2150. The number of carbonyl (C=O) groups is 2. The molecule has 4 N–H and O–H groups in total. The Morgan fingerprint density at radius 1 is 0.536 bits per heavy atom. The number of aromatic carboxylic acids is 2. The number of carboxylic acid groups (broad SMARTS) is 2. The van der Waals surface area contributed by atoms with Crippen LogP contribution in [0.5, 0.6) is 23.0 Å². The third-order valence-electron chi connectivity index (χ3n) is 11.5. The Kier molecular flexibility index (Phi) is 27.8. The SMILES string of the molecule is CCCCC(=Nc1cccc(C[Si](C)(C)C)c1)C(CCCC)=Nc1cccc(C[Si](C)(C)C)c1.CCCCCc1cc(O)c([O-])c(C(=O)O)c1C.CCCCCc1cc(O)c([O-])c(C(=O)O)c1C.[Ni+2]. The predicted molar refractivity (Wildman–Crippen MR) is 285 cm³/mol. The van der Waals surface area contributed by atoms with E-state index in [4.69, 9.17) is 20.2 Å². The maximum absolute atomic E-state index is 11.5. The number of carboxylic acids is 2. The first-order chi connectivity index (χ1) is 32.0. The van der Waals surface area contributed by atoms with Crippen LogP contribution in [0, 0.1) is 13.8 Å². The number of phenols is 2. The summed E-state index contributed by atoms with van der Waals surface area (Å²) in [7, 11) is -2.33. The van der Waals surface area contributed by atoms with E-state index < -0.39 is 51.1 Å². The van der Waals surface area contributed by atoms with Gasteiger partial charge in [0.25, 0.3) is 0 Å². The average molecular weight is 1030 g/mol. The molecular weight excluding hydrogens is 943 g/mol. The zero-order chi connectivity index (χ0) is 51.2. The minimum absolute atomic E-state index is 0. The number of hydrogen-bond donors (Lipinski definition) is 4. The maximum Gasteiger partial charge on any atom is 2.00 e. The molecule has 0 saturated carbocycles. The fourth-order valence-electron chi connectivity index (χ4n) is 7.99. The Morgan fingerprint density at radius 2 is 0.870 bits per heavy atom. The molecule has 0 fully saturated rings. The number of benzene rings is 4. The van der Waals surface area contributed by atoms with Gasteiger partial charge in [-0.2, -0.15) is 0 Å². The van der Waals surface area contributed by atoms with Crippen molar-refractivity contribution >= 4 is 50.9 Å². The molecule has 0 heterocycles. The van der Waals surface area contributed by atoms with Gasteiger partial charge in [0.2, 0.25) is 0 Å². The fraction of sp³-hybridized carbons (Fsp3) is 0.500. The van der Waals surface area contributed by atoms with Gasteiger partial charge in [0.1, 0.15) is 11.5 Å². The van der Waals surface area contributed by atoms with Gasteiger partial charge in [-0.25, -0.2) is 9.59 Å². The maximum atomic E-state index is 11.5. The van der Waals surface area contributed by atoms with Gasteiger partial charge < -0.3 is 30.6 Å². The smallest absolute Gasteiger partial charge is 0.869 e. The molecule has 0 aliphatic carbocycles. The van der Waals surface area contributed by atoms with E-state index in [1.807, 2.05) is 0 Å². The van der Waals surface area contributed by atoms with Gasteiger partial charge in [0.15, 0.2) is 0 Å². The summed E-state index contributed by atoms with van der Waals surface area (Å²) in [6.07, 6.45) is 14.1. The number of unbranched alkanes of at least 4 members (excludes halogenated alkanes) is 6. The quantitative estimate of drug-likeness (QED) is 0.0321. The predicted octanol–water partition coefficient (Wildman–Crippen LogP) is 14.2. The molecule has 382 valence electrons. The van der Waals surface area contributed by atoms with E-state index in [0.717, 1.165) is 86.7 Å². The van der Waals surface area contributed by atoms with Crippen molar-refractivity contribution in [2.75, 3.05) is 0 Å². The summed E-state index contributed by atoms with van der Waals surface area (Å²) in [6.45, 7) is 26.5. The molecule has 0 aliphatic heterocycles. The molecule has 4 aromatic carbocycles. The van der Waals surface area contributed by atoms with Crippen LogP contribution in [0.2, 0.25) is 39.3 Å². The molecule has 13 heteroatoms. The minimum atomic E-state index is -1.28. The second-order valence-corrected chi connectivity index (χ2v) is 31.4. The summed E-state index contributed by atoms with van der Waals surface area (Å²) in [5.74, 6) is -5.09. The number of nitrogens with zero attached hydrogens (tertiary/aromatic N) is 2. The summed E-state index contributed by atoms with van der Waals surface area (Å²) in [5, 5.41) is 59.7. The Hall–Kier alpha value is -4.71. The van der Waals surface area contributed by atoms with Crippen molar-refractivity contribution in [2.45, 2.75) is 183 Å². The third-order valence-corrected chi connectivity index (χ3v) is 14.4. The Morgan fingerprint density at radius 3 is 1.16 bits per heavy atom. The zero-order valence-electron chi connectivity index (χ0n) is 43.7. The molecule has 0 bridgehead atoms. The Labute approximate surface area is 426 Å². The second-order valence-electron chi connectivity index (χ2n) is 20.4. The zero-order valence-corrected chi connectivity index (χ0v) is 46.7. The van der Waals surface area contributed by atoms with Crippen LogP contribution in [0.1, 0.15) is 159 Å². The first kappa shape index (κ1) is 62.3. The van der Waals surface area contributed by atoms with Crippen molar-refractivity contribution in [1.82, 2.24) is 0 Å². The average Bonchev–Trinajstić information content (AvgIpc) is 3.24. The molecule has 0 atom stereocenters. The molecule has 10 nitrogen and oxygen atoms in total. The van der Waals surface area contributed by atoms with Crippen LogP contribution in [0.4, 0.5) is 11.4 Å². The molecule has 0 radical (unpaired) electrons. The van der Waals surface area contributed by atoms with Crippen molar-refractivity contribution in [3.8, 4) is 23.0 Å². The summed E-state index contributed by atoms with van der Waals surface area (Å²) in [5.41, 5.74) is 9.16. The van der Waals surface area contributed by atoms with Crippen molar-refractivity contribution < 1.29 is 56.7 Å². The second kappa shape index (κ2) is 30.8. The molecule has 0 spiro atoms. The van der Waals surface area contributed by atoms with Crippen LogP contribution >= 0.6 is 0 Å². The van der Waals surface area contributed by atoms with Crippen LogP contribution in [-0.2, 0) is 41.4 Å². The summed E-state index contributed by atoms with van der Waals surface area (Å²) >= 11 is 0. The van der Waals surface area contributed by atoms with E-state index in [2.05, 4.69) is 116 Å². The van der Waals surface area contributed by atoms with Crippen molar-refractivity contribution in [2.24, 2.45) is 9.98 Å². The van der Waals surface area contributed by atoms with Crippen LogP contribution in [0.25, 0.3) is 0 Å². The van der Waals surface area contributed by atoms with E-state index in [1.54, 1.807) is 13.8 Å². The largest absolute Gasteiger partial charge is 2.00 e. The van der Waals surface area contributed by atoms with E-state index in [0.29, 0.717) is 24.0 Å². The van der Waals surface area contributed by atoms with E-state index >= 15 is 0 Å². The van der Waals surface area contributed by atoms with Gasteiger partial charge in [0.05, 0.1) is 33.9 Å². The number of aliphatic imine (C=N–C) groups is 2.